The normalized spacial score (nSPS) is 10.6. The summed E-state index contributed by atoms with van der Waals surface area (Å²) in [6.45, 7) is 0.947. The van der Waals surface area contributed by atoms with Gasteiger partial charge in [0, 0.05) is 36.0 Å². The zero-order valence-electron chi connectivity index (χ0n) is 13.1. The minimum absolute atomic E-state index is 0.0828. The van der Waals surface area contributed by atoms with Crippen molar-refractivity contribution in [2.75, 3.05) is 5.32 Å². The standard InChI is InChI=1S/C20H20N2O/c23-20(13-4-7-16-22-14-5-1-6-15-22)21-19-12-8-10-17-9-2-3-11-18(17)19/h1-3,5-6,8-12,14-15H,4,7,13,16H2/p+1. The van der Waals surface area contributed by atoms with E-state index in [-0.39, 0.29) is 5.91 Å². The van der Waals surface area contributed by atoms with E-state index in [0.717, 1.165) is 35.8 Å². The predicted molar refractivity (Wildman–Crippen MR) is 93.1 cm³/mol. The van der Waals surface area contributed by atoms with Gasteiger partial charge in [0.2, 0.25) is 5.91 Å². The fourth-order valence-electron chi connectivity index (χ4n) is 2.71. The Morgan fingerprint density at radius 2 is 1.65 bits per heavy atom. The number of benzene rings is 2. The molecule has 1 heterocycles. The smallest absolute Gasteiger partial charge is 0.224 e. The molecular weight excluding hydrogens is 284 g/mol. The number of aromatic nitrogens is 1. The fraction of sp³-hybridized carbons (Fsp3) is 0.200. The molecule has 0 aliphatic carbocycles. The summed E-state index contributed by atoms with van der Waals surface area (Å²) in [5.74, 6) is 0.0828. The molecule has 0 saturated carbocycles. The minimum Gasteiger partial charge on any atom is -0.326 e. The first-order chi connectivity index (χ1) is 11.3. The highest BCUT2D eigenvalue weighted by atomic mass is 16.1. The number of anilines is 1. The third-order valence-electron chi connectivity index (χ3n) is 3.91. The van der Waals surface area contributed by atoms with Gasteiger partial charge in [-0.1, -0.05) is 42.5 Å². The van der Waals surface area contributed by atoms with E-state index in [4.69, 9.17) is 0 Å². The Bertz CT molecular complexity index is 779. The first kappa shape index (κ1) is 15.2. The second kappa shape index (κ2) is 7.54. The number of unbranched alkanes of at least 4 members (excludes halogenated alkanes) is 1. The van der Waals surface area contributed by atoms with Crippen molar-refractivity contribution in [2.45, 2.75) is 25.8 Å². The van der Waals surface area contributed by atoms with Gasteiger partial charge in [0.15, 0.2) is 12.4 Å². The van der Waals surface area contributed by atoms with E-state index in [9.17, 15) is 4.79 Å². The lowest BCUT2D eigenvalue weighted by Crippen LogP contribution is -2.32. The highest BCUT2D eigenvalue weighted by Crippen LogP contribution is 2.23. The van der Waals surface area contributed by atoms with E-state index in [1.54, 1.807) is 0 Å². The molecule has 0 spiro atoms. The number of carbonyl (C=O) groups excluding carboxylic acids is 1. The molecule has 0 aliphatic rings. The Labute approximate surface area is 136 Å². The molecule has 0 atom stereocenters. The van der Waals surface area contributed by atoms with E-state index in [2.05, 4.69) is 34.4 Å². The molecule has 0 unspecified atom stereocenters. The average Bonchev–Trinajstić information content (AvgIpc) is 2.60. The lowest BCUT2D eigenvalue weighted by atomic mass is 10.1. The molecule has 1 aromatic heterocycles. The lowest BCUT2D eigenvalue weighted by molar-refractivity contribution is -0.697. The number of hydrogen-bond donors (Lipinski definition) is 1. The van der Waals surface area contributed by atoms with Crippen LogP contribution in [0.5, 0.6) is 0 Å². The topological polar surface area (TPSA) is 33.0 Å². The highest BCUT2D eigenvalue weighted by molar-refractivity contribution is 6.02. The van der Waals surface area contributed by atoms with Crippen molar-refractivity contribution in [1.29, 1.82) is 0 Å². The number of nitrogens with zero attached hydrogens (tertiary/aromatic N) is 1. The summed E-state index contributed by atoms with van der Waals surface area (Å²) >= 11 is 0. The number of carbonyl (C=O) groups is 1. The van der Waals surface area contributed by atoms with Crippen LogP contribution in [0.4, 0.5) is 5.69 Å². The molecule has 2 aromatic carbocycles. The van der Waals surface area contributed by atoms with Crippen LogP contribution in [0, 0.1) is 0 Å². The maximum Gasteiger partial charge on any atom is 0.224 e. The van der Waals surface area contributed by atoms with Crippen LogP contribution in [0.2, 0.25) is 0 Å². The van der Waals surface area contributed by atoms with Crippen LogP contribution >= 0.6 is 0 Å². The Morgan fingerprint density at radius 3 is 2.52 bits per heavy atom. The van der Waals surface area contributed by atoms with Crippen LogP contribution in [-0.2, 0) is 11.3 Å². The molecule has 1 N–H and O–H groups in total. The number of hydrogen-bond acceptors (Lipinski definition) is 1. The second-order valence-electron chi connectivity index (χ2n) is 5.65. The quantitative estimate of drug-likeness (QED) is 0.543. The van der Waals surface area contributed by atoms with Gasteiger partial charge in [-0.25, -0.2) is 4.57 Å². The van der Waals surface area contributed by atoms with E-state index in [0.29, 0.717) is 6.42 Å². The summed E-state index contributed by atoms with van der Waals surface area (Å²) in [6.07, 6.45) is 6.54. The van der Waals surface area contributed by atoms with Crippen LogP contribution in [0.1, 0.15) is 19.3 Å². The van der Waals surface area contributed by atoms with Gasteiger partial charge in [-0.05, 0) is 17.9 Å². The van der Waals surface area contributed by atoms with Crippen molar-refractivity contribution in [3.8, 4) is 0 Å². The second-order valence-corrected chi connectivity index (χ2v) is 5.65. The summed E-state index contributed by atoms with van der Waals surface area (Å²) < 4.78 is 2.14. The molecule has 116 valence electrons. The molecule has 0 saturated heterocycles. The fourth-order valence-corrected chi connectivity index (χ4v) is 2.71. The lowest BCUT2D eigenvalue weighted by Gasteiger charge is -2.08. The van der Waals surface area contributed by atoms with Crippen LogP contribution in [0.3, 0.4) is 0 Å². The van der Waals surface area contributed by atoms with Gasteiger partial charge in [-0.15, -0.1) is 0 Å². The van der Waals surface area contributed by atoms with Crippen molar-refractivity contribution in [1.82, 2.24) is 0 Å². The van der Waals surface area contributed by atoms with Gasteiger partial charge < -0.3 is 5.32 Å². The van der Waals surface area contributed by atoms with E-state index in [1.165, 1.54) is 0 Å². The van der Waals surface area contributed by atoms with Gasteiger partial charge in [0.25, 0.3) is 0 Å². The third-order valence-corrected chi connectivity index (χ3v) is 3.91. The first-order valence-electron chi connectivity index (χ1n) is 8.05. The summed E-state index contributed by atoms with van der Waals surface area (Å²) in [6, 6.07) is 20.1. The Kier molecular flexibility index (Phi) is 4.99. The molecule has 0 bridgehead atoms. The largest absolute Gasteiger partial charge is 0.326 e. The molecule has 1 amide bonds. The number of rotatable bonds is 6. The van der Waals surface area contributed by atoms with Gasteiger partial charge in [-0.2, -0.15) is 0 Å². The average molecular weight is 305 g/mol. The maximum atomic E-state index is 12.1. The van der Waals surface area contributed by atoms with E-state index in [1.807, 2.05) is 48.5 Å². The first-order valence-corrected chi connectivity index (χ1v) is 8.05. The van der Waals surface area contributed by atoms with Gasteiger partial charge in [0.05, 0.1) is 0 Å². The molecular formula is C20H21N2O+. The predicted octanol–water partition coefficient (Wildman–Crippen LogP) is 3.94. The van der Waals surface area contributed by atoms with E-state index >= 15 is 0 Å². The van der Waals surface area contributed by atoms with Crippen molar-refractivity contribution in [2.24, 2.45) is 0 Å². The summed E-state index contributed by atoms with van der Waals surface area (Å²) in [7, 11) is 0. The van der Waals surface area contributed by atoms with Crippen molar-refractivity contribution in [3.63, 3.8) is 0 Å². The summed E-state index contributed by atoms with van der Waals surface area (Å²) in [5, 5.41) is 5.27. The molecule has 3 rings (SSSR count). The van der Waals surface area contributed by atoms with Crippen LogP contribution in [-0.4, -0.2) is 5.91 Å². The summed E-state index contributed by atoms with van der Waals surface area (Å²) in [4.78, 5) is 12.1. The van der Waals surface area contributed by atoms with Gasteiger partial charge in [0.1, 0.15) is 6.54 Å². The minimum atomic E-state index is 0.0828. The molecule has 0 radical (unpaired) electrons. The SMILES string of the molecule is O=C(CCCC[n+]1ccccc1)Nc1cccc2ccccc12. The Balaban J connectivity index is 1.51. The zero-order valence-corrected chi connectivity index (χ0v) is 13.1. The highest BCUT2D eigenvalue weighted by Gasteiger charge is 2.06. The molecule has 0 aliphatic heterocycles. The molecule has 3 nitrogen and oxygen atoms in total. The number of aryl methyl sites for hydroxylation is 1. The zero-order chi connectivity index (χ0) is 15.9. The van der Waals surface area contributed by atoms with Crippen LogP contribution < -0.4 is 9.88 Å². The number of pyridine rings is 1. The number of fused-ring (bicyclic) bond motifs is 1. The molecule has 3 heteroatoms. The molecule has 0 fully saturated rings. The van der Waals surface area contributed by atoms with Crippen molar-refractivity contribution in [3.05, 3.63) is 73.1 Å². The monoisotopic (exact) mass is 305 g/mol. The Morgan fingerprint density at radius 1 is 0.870 bits per heavy atom. The van der Waals surface area contributed by atoms with Crippen molar-refractivity contribution < 1.29 is 9.36 Å². The molecule has 3 aromatic rings. The number of nitrogens with one attached hydrogen (secondary N) is 1. The van der Waals surface area contributed by atoms with Crippen LogP contribution in [0.15, 0.2) is 73.1 Å². The Hall–Kier alpha value is -2.68. The van der Waals surface area contributed by atoms with Gasteiger partial charge in [-0.3, -0.25) is 4.79 Å². The van der Waals surface area contributed by atoms with E-state index < -0.39 is 0 Å². The van der Waals surface area contributed by atoms with Crippen LogP contribution in [0.25, 0.3) is 10.8 Å². The maximum absolute atomic E-state index is 12.1. The third kappa shape index (κ3) is 4.16. The number of amides is 1. The van der Waals surface area contributed by atoms with Crippen molar-refractivity contribution >= 4 is 22.4 Å². The molecule has 23 heavy (non-hydrogen) atoms. The summed E-state index contributed by atoms with van der Waals surface area (Å²) in [5.41, 5.74) is 0.894. The van der Waals surface area contributed by atoms with Gasteiger partial charge >= 0.3 is 0 Å².